The second-order valence-electron chi connectivity index (χ2n) is 8.16. The quantitative estimate of drug-likeness (QED) is 0.883. The molecule has 4 saturated carbocycles. The summed E-state index contributed by atoms with van der Waals surface area (Å²) in [7, 11) is 0. The van der Waals surface area contributed by atoms with Gasteiger partial charge < -0.3 is 10.1 Å². The number of benzene rings is 1. The summed E-state index contributed by atoms with van der Waals surface area (Å²) in [6.07, 6.45) is 7.58. The van der Waals surface area contributed by atoms with E-state index in [1.165, 1.54) is 31.4 Å². The van der Waals surface area contributed by atoms with Gasteiger partial charge in [0.25, 0.3) is 5.91 Å². The van der Waals surface area contributed by atoms with Crippen LogP contribution in [0.2, 0.25) is 0 Å². The van der Waals surface area contributed by atoms with Crippen LogP contribution >= 0.6 is 0 Å². The van der Waals surface area contributed by atoms with Crippen LogP contribution in [0.4, 0.5) is 4.39 Å². The number of ether oxygens (including phenoxy) is 1. The molecule has 1 aromatic rings. The van der Waals surface area contributed by atoms with Gasteiger partial charge in [0.05, 0.1) is 0 Å². The molecule has 4 heteroatoms. The van der Waals surface area contributed by atoms with Crippen LogP contribution in [-0.4, -0.2) is 17.6 Å². The van der Waals surface area contributed by atoms with Gasteiger partial charge in [0, 0.05) is 5.54 Å². The van der Waals surface area contributed by atoms with Crippen molar-refractivity contribution in [2.75, 3.05) is 0 Å². The van der Waals surface area contributed by atoms with Crippen LogP contribution in [0.1, 0.15) is 51.9 Å². The molecule has 4 bridgehead atoms. The van der Waals surface area contributed by atoms with Crippen molar-refractivity contribution < 1.29 is 13.9 Å². The molecule has 4 fully saturated rings. The molecule has 1 N–H and O–H groups in total. The molecule has 0 unspecified atom stereocenters. The van der Waals surface area contributed by atoms with E-state index in [4.69, 9.17) is 4.74 Å². The summed E-state index contributed by atoms with van der Waals surface area (Å²) in [5, 5.41) is 3.37. The van der Waals surface area contributed by atoms with Crippen molar-refractivity contribution >= 4 is 5.91 Å². The lowest BCUT2D eigenvalue weighted by Gasteiger charge is -2.57. The zero-order chi connectivity index (χ0) is 16.7. The lowest BCUT2D eigenvalue weighted by molar-refractivity contribution is -0.134. The van der Waals surface area contributed by atoms with Crippen LogP contribution in [0.5, 0.6) is 5.75 Å². The molecule has 4 aliphatic carbocycles. The molecular weight excluding hydrogens is 305 g/mol. The Labute approximate surface area is 143 Å². The van der Waals surface area contributed by atoms with E-state index in [2.05, 4.69) is 5.32 Å². The second kappa shape index (κ2) is 6.05. The smallest absolute Gasteiger partial charge is 0.261 e. The van der Waals surface area contributed by atoms with Crippen molar-refractivity contribution in [3.63, 3.8) is 0 Å². The number of rotatable bonds is 5. The van der Waals surface area contributed by atoms with E-state index in [-0.39, 0.29) is 17.3 Å². The highest BCUT2D eigenvalue weighted by atomic mass is 19.1. The van der Waals surface area contributed by atoms with E-state index < -0.39 is 6.10 Å². The van der Waals surface area contributed by atoms with E-state index in [0.717, 1.165) is 37.0 Å². The molecule has 0 heterocycles. The lowest BCUT2D eigenvalue weighted by Crippen LogP contribution is -2.61. The number of hydrogen-bond acceptors (Lipinski definition) is 2. The van der Waals surface area contributed by atoms with Crippen molar-refractivity contribution in [1.29, 1.82) is 0 Å². The minimum absolute atomic E-state index is 0.00537. The largest absolute Gasteiger partial charge is 0.481 e. The van der Waals surface area contributed by atoms with E-state index in [9.17, 15) is 9.18 Å². The maximum absolute atomic E-state index is 13.0. The highest BCUT2D eigenvalue weighted by Crippen LogP contribution is 2.55. The standard InChI is InChI=1S/C20H26FNO2/c1-2-18(24-17-5-3-16(21)4-6-17)19(23)22-20-10-13-7-14(11-20)9-15(8-13)12-20/h3-6,13-15,18H,2,7-12H2,1H3,(H,22,23)/t13?,14?,15?,18-,20?/m1/s1. The molecule has 130 valence electrons. The molecule has 1 aromatic carbocycles. The van der Waals surface area contributed by atoms with Crippen molar-refractivity contribution in [2.45, 2.75) is 63.5 Å². The normalized spacial score (nSPS) is 34.8. The fourth-order valence-corrected chi connectivity index (χ4v) is 5.61. The Morgan fingerprint density at radius 2 is 1.71 bits per heavy atom. The van der Waals surface area contributed by atoms with Crippen LogP contribution in [0, 0.1) is 23.6 Å². The van der Waals surface area contributed by atoms with Gasteiger partial charge in [0.15, 0.2) is 6.10 Å². The summed E-state index contributed by atoms with van der Waals surface area (Å²) in [4.78, 5) is 12.8. The molecule has 0 saturated heterocycles. The Morgan fingerprint density at radius 1 is 1.17 bits per heavy atom. The molecule has 24 heavy (non-hydrogen) atoms. The number of halogens is 1. The summed E-state index contributed by atoms with van der Waals surface area (Å²) >= 11 is 0. The maximum atomic E-state index is 13.0. The van der Waals surface area contributed by atoms with E-state index in [0.29, 0.717) is 12.2 Å². The van der Waals surface area contributed by atoms with Crippen LogP contribution in [0.15, 0.2) is 24.3 Å². The first-order valence-electron chi connectivity index (χ1n) is 9.29. The van der Waals surface area contributed by atoms with Crippen molar-refractivity contribution in [2.24, 2.45) is 17.8 Å². The van der Waals surface area contributed by atoms with Crippen molar-refractivity contribution in [1.82, 2.24) is 5.32 Å². The Bertz CT molecular complexity index is 577. The van der Waals surface area contributed by atoms with Crippen molar-refractivity contribution in [3.8, 4) is 5.75 Å². The summed E-state index contributed by atoms with van der Waals surface area (Å²) in [5.41, 5.74) is 0.00537. The molecular formula is C20H26FNO2. The monoisotopic (exact) mass is 331 g/mol. The third-order valence-electron chi connectivity index (χ3n) is 6.18. The molecule has 4 aliphatic rings. The average molecular weight is 331 g/mol. The third kappa shape index (κ3) is 3.03. The molecule has 1 atom stereocenters. The van der Waals surface area contributed by atoms with Gasteiger partial charge >= 0.3 is 0 Å². The van der Waals surface area contributed by atoms with Gasteiger partial charge in [-0.25, -0.2) is 4.39 Å². The van der Waals surface area contributed by atoms with Gasteiger partial charge in [0.1, 0.15) is 11.6 Å². The Hall–Kier alpha value is -1.58. The Kier molecular flexibility index (Phi) is 4.01. The van der Waals surface area contributed by atoms with Crippen LogP contribution < -0.4 is 10.1 Å². The second-order valence-corrected chi connectivity index (χ2v) is 8.16. The molecule has 3 nitrogen and oxygen atoms in total. The van der Waals surface area contributed by atoms with E-state index >= 15 is 0 Å². The lowest BCUT2D eigenvalue weighted by atomic mass is 9.53. The van der Waals surface area contributed by atoms with Gasteiger partial charge in [-0.3, -0.25) is 4.79 Å². The molecule has 0 spiro atoms. The Morgan fingerprint density at radius 3 is 2.21 bits per heavy atom. The molecule has 0 aromatic heterocycles. The van der Waals surface area contributed by atoms with E-state index in [1.807, 2.05) is 6.92 Å². The van der Waals surface area contributed by atoms with Crippen molar-refractivity contribution in [3.05, 3.63) is 30.1 Å². The number of carbonyl (C=O) groups excluding carboxylic acids is 1. The van der Waals surface area contributed by atoms with Gasteiger partial charge in [-0.15, -0.1) is 0 Å². The average Bonchev–Trinajstić information content (AvgIpc) is 2.52. The highest BCUT2D eigenvalue weighted by molar-refractivity contribution is 5.82. The zero-order valence-electron chi connectivity index (χ0n) is 14.3. The topological polar surface area (TPSA) is 38.3 Å². The van der Waals surface area contributed by atoms with Crippen LogP contribution in [0.25, 0.3) is 0 Å². The SMILES string of the molecule is CC[C@@H](Oc1ccc(F)cc1)C(=O)NC12CC3CC(CC(C3)C1)C2. The van der Waals surface area contributed by atoms with E-state index in [1.54, 1.807) is 12.1 Å². The van der Waals surface area contributed by atoms with Gasteiger partial charge in [-0.1, -0.05) is 6.92 Å². The van der Waals surface area contributed by atoms with Gasteiger partial charge in [0.2, 0.25) is 0 Å². The number of hydrogen-bond donors (Lipinski definition) is 1. The molecule has 1 amide bonds. The van der Waals surface area contributed by atoms with Gasteiger partial charge in [-0.2, -0.15) is 0 Å². The number of carbonyl (C=O) groups is 1. The molecule has 0 radical (unpaired) electrons. The maximum Gasteiger partial charge on any atom is 0.261 e. The highest BCUT2D eigenvalue weighted by Gasteiger charge is 2.51. The van der Waals surface area contributed by atoms with Gasteiger partial charge in [-0.05, 0) is 87.0 Å². The predicted octanol–water partition coefficient (Wildman–Crippen LogP) is 4.07. The third-order valence-corrected chi connectivity index (χ3v) is 6.18. The van der Waals surface area contributed by atoms with Crippen LogP contribution in [-0.2, 0) is 4.79 Å². The summed E-state index contributed by atoms with van der Waals surface area (Å²) in [5.74, 6) is 2.64. The number of nitrogens with one attached hydrogen (secondary N) is 1. The fraction of sp³-hybridized carbons (Fsp3) is 0.650. The molecule has 5 rings (SSSR count). The fourth-order valence-electron chi connectivity index (χ4n) is 5.61. The zero-order valence-corrected chi connectivity index (χ0v) is 14.3. The summed E-state index contributed by atoms with van der Waals surface area (Å²) < 4.78 is 18.8. The predicted molar refractivity (Wildman–Crippen MR) is 90.2 cm³/mol. The minimum atomic E-state index is -0.511. The minimum Gasteiger partial charge on any atom is -0.481 e. The first kappa shape index (κ1) is 15.9. The summed E-state index contributed by atoms with van der Waals surface area (Å²) in [6.45, 7) is 1.95. The number of amides is 1. The molecule has 0 aliphatic heterocycles. The summed E-state index contributed by atoms with van der Waals surface area (Å²) in [6, 6.07) is 5.88. The first-order chi connectivity index (χ1) is 11.5. The van der Waals surface area contributed by atoms with Crippen LogP contribution in [0.3, 0.4) is 0 Å². The first-order valence-corrected chi connectivity index (χ1v) is 9.29. The Balaban J connectivity index is 1.43.